The quantitative estimate of drug-likeness (QED) is 0.419. The Hall–Kier alpha value is -0.340. The van der Waals surface area contributed by atoms with Gasteiger partial charge in [0.25, 0.3) is 0 Å². The van der Waals surface area contributed by atoms with Gasteiger partial charge in [-0.05, 0) is 109 Å². The summed E-state index contributed by atoms with van der Waals surface area (Å²) in [6.45, 7) is 17.0. The SMILES string of the molecule is CC1(C)C=C2C3CCC4C(CCC5C(C)(C)C(O)C(O)CC45C)C3(C)CCC2(C)CC1. The Kier molecular flexibility index (Phi) is 4.80. The van der Waals surface area contributed by atoms with E-state index in [1.165, 1.54) is 51.4 Å². The van der Waals surface area contributed by atoms with Crippen LogP contribution in [0.25, 0.3) is 0 Å². The van der Waals surface area contributed by atoms with Gasteiger partial charge in [-0.3, -0.25) is 0 Å². The number of aliphatic hydroxyl groups excluding tert-OH is 2. The van der Waals surface area contributed by atoms with Crippen molar-refractivity contribution in [1.82, 2.24) is 0 Å². The topological polar surface area (TPSA) is 40.5 Å². The molecule has 2 nitrogen and oxygen atoms in total. The molecule has 0 heterocycles. The monoisotopic (exact) mass is 428 g/mol. The molecule has 4 fully saturated rings. The highest BCUT2D eigenvalue weighted by atomic mass is 16.3. The number of fused-ring (bicyclic) bond motifs is 7. The average Bonchev–Trinajstić information content (AvgIpc) is 2.67. The average molecular weight is 429 g/mol. The Morgan fingerprint density at radius 1 is 0.742 bits per heavy atom. The van der Waals surface area contributed by atoms with Gasteiger partial charge >= 0.3 is 0 Å². The van der Waals surface area contributed by atoms with Gasteiger partial charge < -0.3 is 10.2 Å². The summed E-state index contributed by atoms with van der Waals surface area (Å²) >= 11 is 0. The van der Waals surface area contributed by atoms with Crippen molar-refractivity contribution >= 4 is 0 Å². The van der Waals surface area contributed by atoms with E-state index in [0.717, 1.165) is 18.3 Å². The summed E-state index contributed by atoms with van der Waals surface area (Å²) in [6, 6.07) is 0. The first-order valence-corrected chi connectivity index (χ1v) is 13.3. The molecular weight excluding hydrogens is 380 g/mol. The molecule has 31 heavy (non-hydrogen) atoms. The molecule has 5 rings (SSSR count). The molecule has 0 aromatic carbocycles. The van der Waals surface area contributed by atoms with Crippen LogP contribution in [0.3, 0.4) is 0 Å². The number of allylic oxidation sites excluding steroid dienone is 2. The third-order valence-corrected chi connectivity index (χ3v) is 12.1. The van der Waals surface area contributed by atoms with Crippen molar-refractivity contribution < 1.29 is 10.2 Å². The van der Waals surface area contributed by atoms with Crippen LogP contribution in [0, 0.1) is 50.7 Å². The number of rotatable bonds is 0. The number of hydrogen-bond donors (Lipinski definition) is 2. The van der Waals surface area contributed by atoms with Crippen molar-refractivity contribution in [2.75, 3.05) is 0 Å². The number of hydrogen-bond acceptors (Lipinski definition) is 2. The normalized spacial score (nSPS) is 55.2. The van der Waals surface area contributed by atoms with Gasteiger partial charge in [0.05, 0.1) is 12.2 Å². The van der Waals surface area contributed by atoms with Crippen LogP contribution in [0.1, 0.15) is 106 Å². The van der Waals surface area contributed by atoms with Crippen LogP contribution in [0.15, 0.2) is 11.6 Å². The van der Waals surface area contributed by atoms with E-state index in [9.17, 15) is 10.2 Å². The molecule has 0 radical (unpaired) electrons. The van der Waals surface area contributed by atoms with E-state index in [2.05, 4.69) is 54.5 Å². The first kappa shape index (κ1) is 22.5. The largest absolute Gasteiger partial charge is 0.390 e. The number of aliphatic hydroxyl groups is 2. The Morgan fingerprint density at radius 3 is 2.06 bits per heavy atom. The molecule has 0 bridgehead atoms. The highest BCUT2D eigenvalue weighted by Gasteiger charge is 2.65. The zero-order chi connectivity index (χ0) is 22.6. The van der Waals surface area contributed by atoms with Crippen molar-refractivity contribution in [1.29, 1.82) is 0 Å². The smallest absolute Gasteiger partial charge is 0.0852 e. The maximum absolute atomic E-state index is 10.9. The highest BCUT2D eigenvalue weighted by molar-refractivity contribution is 5.30. The van der Waals surface area contributed by atoms with Gasteiger partial charge in [0, 0.05) is 0 Å². The summed E-state index contributed by atoms with van der Waals surface area (Å²) in [6.07, 6.45) is 13.0. The van der Waals surface area contributed by atoms with Gasteiger partial charge in [0.15, 0.2) is 0 Å². The maximum Gasteiger partial charge on any atom is 0.0852 e. The standard InChI is InChI=1S/C29H48O2/c1-25(2)12-13-27(5)14-15-28(6)18-10-11-23-26(3,4)24(31)22(30)17-29(23,7)19(18)8-9-20(28)21(27)16-25/h16,18-20,22-24,30-31H,8-15,17H2,1-7H3. The predicted octanol–water partition coefficient (Wildman–Crippen LogP) is 6.75. The van der Waals surface area contributed by atoms with Crippen LogP contribution < -0.4 is 0 Å². The van der Waals surface area contributed by atoms with Crippen molar-refractivity contribution in [3.63, 3.8) is 0 Å². The first-order valence-electron chi connectivity index (χ1n) is 13.3. The van der Waals surface area contributed by atoms with Gasteiger partial charge in [-0.1, -0.05) is 60.1 Å². The second-order valence-electron chi connectivity index (χ2n) is 14.7. The van der Waals surface area contributed by atoms with E-state index in [1.54, 1.807) is 0 Å². The minimum Gasteiger partial charge on any atom is -0.390 e. The van der Waals surface area contributed by atoms with E-state index in [4.69, 9.17) is 0 Å². The molecule has 0 spiro atoms. The highest BCUT2D eigenvalue weighted by Crippen LogP contribution is 2.71. The van der Waals surface area contributed by atoms with Crippen molar-refractivity contribution in [3.8, 4) is 0 Å². The minimum absolute atomic E-state index is 0.153. The molecule has 9 atom stereocenters. The van der Waals surface area contributed by atoms with Crippen LogP contribution in [0.4, 0.5) is 0 Å². The summed E-state index contributed by atoms with van der Waals surface area (Å²) in [5.41, 5.74) is 2.96. The van der Waals surface area contributed by atoms with Gasteiger partial charge in [-0.25, -0.2) is 0 Å². The van der Waals surface area contributed by atoms with Crippen molar-refractivity contribution in [2.24, 2.45) is 50.7 Å². The summed E-state index contributed by atoms with van der Waals surface area (Å²) in [5, 5.41) is 21.7. The molecule has 176 valence electrons. The van der Waals surface area contributed by atoms with Gasteiger partial charge in [0.2, 0.25) is 0 Å². The molecule has 0 aromatic rings. The van der Waals surface area contributed by atoms with E-state index >= 15 is 0 Å². The Labute approximate surface area is 191 Å². The molecule has 5 aliphatic rings. The maximum atomic E-state index is 10.9. The van der Waals surface area contributed by atoms with Gasteiger partial charge in [0.1, 0.15) is 0 Å². The van der Waals surface area contributed by atoms with E-state index < -0.39 is 12.2 Å². The minimum atomic E-state index is -0.584. The van der Waals surface area contributed by atoms with Crippen LogP contribution in [-0.4, -0.2) is 22.4 Å². The lowest BCUT2D eigenvalue weighted by molar-refractivity contribution is -0.221. The second kappa shape index (κ2) is 6.62. The Balaban J connectivity index is 1.52. The molecule has 2 heteroatoms. The molecule has 0 saturated heterocycles. The molecule has 0 aliphatic heterocycles. The fourth-order valence-electron chi connectivity index (χ4n) is 10.2. The molecular formula is C29H48O2. The van der Waals surface area contributed by atoms with Crippen molar-refractivity contribution in [2.45, 2.75) is 118 Å². The molecule has 9 unspecified atom stereocenters. The Morgan fingerprint density at radius 2 is 1.35 bits per heavy atom. The third kappa shape index (κ3) is 2.95. The fourth-order valence-corrected chi connectivity index (χ4v) is 10.2. The van der Waals surface area contributed by atoms with E-state index in [0.29, 0.717) is 28.1 Å². The molecule has 2 N–H and O–H groups in total. The summed E-state index contributed by atoms with van der Waals surface area (Å²) in [7, 11) is 0. The lowest BCUT2D eigenvalue weighted by Crippen LogP contribution is -2.64. The van der Waals surface area contributed by atoms with E-state index in [-0.39, 0.29) is 10.8 Å². The zero-order valence-electron chi connectivity index (χ0n) is 21.3. The molecule has 0 aromatic heterocycles. The van der Waals surface area contributed by atoms with Crippen LogP contribution >= 0.6 is 0 Å². The molecule has 5 aliphatic carbocycles. The molecule has 4 saturated carbocycles. The zero-order valence-corrected chi connectivity index (χ0v) is 21.3. The second-order valence-corrected chi connectivity index (χ2v) is 14.7. The van der Waals surface area contributed by atoms with Crippen LogP contribution in [0.5, 0.6) is 0 Å². The Bertz CT molecular complexity index is 780. The molecule has 0 amide bonds. The van der Waals surface area contributed by atoms with Gasteiger partial charge in [-0.15, -0.1) is 0 Å². The van der Waals surface area contributed by atoms with Crippen molar-refractivity contribution in [3.05, 3.63) is 11.6 Å². The third-order valence-electron chi connectivity index (χ3n) is 12.1. The summed E-state index contributed by atoms with van der Waals surface area (Å²) < 4.78 is 0. The fraction of sp³-hybridized carbons (Fsp3) is 0.931. The van der Waals surface area contributed by atoms with E-state index in [1.807, 2.05) is 5.57 Å². The lowest BCUT2D eigenvalue weighted by atomic mass is 9.37. The summed E-state index contributed by atoms with van der Waals surface area (Å²) in [5.74, 6) is 2.72. The van der Waals surface area contributed by atoms with Crippen LogP contribution in [0.2, 0.25) is 0 Å². The van der Waals surface area contributed by atoms with Gasteiger partial charge in [-0.2, -0.15) is 0 Å². The van der Waals surface area contributed by atoms with Crippen LogP contribution in [-0.2, 0) is 0 Å². The lowest BCUT2D eigenvalue weighted by Gasteiger charge is -2.68. The summed E-state index contributed by atoms with van der Waals surface area (Å²) in [4.78, 5) is 0. The first-order chi connectivity index (χ1) is 14.2. The predicted molar refractivity (Wildman–Crippen MR) is 127 cm³/mol.